The van der Waals surface area contributed by atoms with Crippen molar-refractivity contribution in [2.45, 2.75) is 6.61 Å². The van der Waals surface area contributed by atoms with Crippen molar-refractivity contribution >= 4 is 21.9 Å². The number of aliphatic hydroxyl groups is 1. The molecule has 78 valence electrons. The quantitative estimate of drug-likeness (QED) is 0.828. The maximum absolute atomic E-state index is 11.3. The topological polar surface area (TPSA) is 70.3 Å². The van der Waals surface area contributed by atoms with Gasteiger partial charge in [0.15, 0.2) is 0 Å². The molecule has 5 heteroatoms. The van der Waals surface area contributed by atoms with Crippen LogP contribution in [0.15, 0.2) is 16.6 Å². The van der Waals surface area contributed by atoms with E-state index in [1.807, 2.05) is 6.07 Å². The molecule has 0 unspecified atom stereocenters. The Bertz CT molecular complexity index is 437. The van der Waals surface area contributed by atoms with Gasteiger partial charge in [-0.2, -0.15) is 5.26 Å². The van der Waals surface area contributed by atoms with Gasteiger partial charge in [0.05, 0.1) is 24.8 Å². The number of rotatable bonds is 2. The van der Waals surface area contributed by atoms with E-state index < -0.39 is 5.97 Å². The third-order valence-electron chi connectivity index (χ3n) is 1.89. The van der Waals surface area contributed by atoms with Crippen LogP contribution in [-0.4, -0.2) is 18.2 Å². The zero-order valence-corrected chi connectivity index (χ0v) is 9.54. The average molecular weight is 270 g/mol. The summed E-state index contributed by atoms with van der Waals surface area (Å²) >= 11 is 3.16. The van der Waals surface area contributed by atoms with Gasteiger partial charge in [0, 0.05) is 4.47 Å². The number of halogens is 1. The summed E-state index contributed by atoms with van der Waals surface area (Å²) in [4.78, 5) is 11.3. The summed E-state index contributed by atoms with van der Waals surface area (Å²) in [5.41, 5.74) is 0.999. The van der Waals surface area contributed by atoms with Gasteiger partial charge in [0.25, 0.3) is 0 Å². The Labute approximate surface area is 95.2 Å². The summed E-state index contributed by atoms with van der Waals surface area (Å²) in [5.74, 6) is -0.538. The van der Waals surface area contributed by atoms with E-state index in [2.05, 4.69) is 20.7 Å². The van der Waals surface area contributed by atoms with Gasteiger partial charge in [-0.05, 0) is 33.6 Å². The summed E-state index contributed by atoms with van der Waals surface area (Å²) in [6.45, 7) is -0.313. The number of hydrogen-bond acceptors (Lipinski definition) is 4. The first-order chi connectivity index (χ1) is 7.13. The molecule has 0 fully saturated rings. The molecular weight excluding hydrogens is 262 g/mol. The van der Waals surface area contributed by atoms with Crippen LogP contribution in [0.5, 0.6) is 0 Å². The lowest BCUT2D eigenvalue weighted by Crippen LogP contribution is -2.06. The van der Waals surface area contributed by atoms with Crippen molar-refractivity contribution in [3.05, 3.63) is 33.3 Å². The van der Waals surface area contributed by atoms with E-state index in [9.17, 15) is 4.79 Å². The molecule has 0 spiro atoms. The lowest BCUT2D eigenvalue weighted by Gasteiger charge is -2.07. The van der Waals surface area contributed by atoms with Crippen molar-refractivity contribution in [1.82, 2.24) is 0 Å². The first-order valence-electron chi connectivity index (χ1n) is 4.05. The molecule has 0 aliphatic heterocycles. The number of benzene rings is 1. The number of esters is 1. The summed E-state index contributed by atoms with van der Waals surface area (Å²) in [5, 5.41) is 17.8. The Morgan fingerprint density at radius 1 is 1.67 bits per heavy atom. The number of nitrogens with zero attached hydrogens (tertiary/aromatic N) is 1. The second kappa shape index (κ2) is 4.91. The van der Waals surface area contributed by atoms with Gasteiger partial charge in [-0.1, -0.05) is 0 Å². The van der Waals surface area contributed by atoms with E-state index in [1.54, 1.807) is 0 Å². The van der Waals surface area contributed by atoms with Gasteiger partial charge < -0.3 is 9.84 Å². The van der Waals surface area contributed by atoms with E-state index in [0.717, 1.165) is 0 Å². The molecule has 0 saturated heterocycles. The Balaban J connectivity index is 3.35. The number of hydrogen-bond donors (Lipinski definition) is 1. The number of carbonyl (C=O) groups is 1. The highest BCUT2D eigenvalue weighted by Crippen LogP contribution is 2.22. The second-order valence-corrected chi connectivity index (χ2v) is 3.61. The standard InChI is InChI=1S/C10H8BrNO3/c1-15-10(14)8-3-9(11)6(4-12)2-7(8)5-13/h2-3,13H,5H2,1H3. The molecule has 0 radical (unpaired) electrons. The van der Waals surface area contributed by atoms with E-state index in [-0.39, 0.29) is 12.2 Å². The number of methoxy groups -OCH3 is 1. The monoisotopic (exact) mass is 269 g/mol. The minimum absolute atomic E-state index is 0.255. The van der Waals surface area contributed by atoms with Crippen LogP contribution in [-0.2, 0) is 11.3 Å². The molecule has 0 amide bonds. The largest absolute Gasteiger partial charge is 0.465 e. The molecule has 1 aromatic rings. The van der Waals surface area contributed by atoms with Crippen LogP contribution in [0.25, 0.3) is 0 Å². The van der Waals surface area contributed by atoms with Crippen molar-refractivity contribution in [1.29, 1.82) is 5.26 Å². The summed E-state index contributed by atoms with van der Waals surface area (Å²) < 4.78 is 5.06. The molecule has 4 nitrogen and oxygen atoms in total. The SMILES string of the molecule is COC(=O)c1cc(Br)c(C#N)cc1CO. The van der Waals surface area contributed by atoms with Crippen LogP contribution >= 0.6 is 15.9 Å². The van der Waals surface area contributed by atoms with Crippen molar-refractivity contribution in [2.75, 3.05) is 7.11 Å². The minimum atomic E-state index is -0.538. The predicted molar refractivity (Wildman–Crippen MR) is 56.1 cm³/mol. The van der Waals surface area contributed by atoms with Crippen LogP contribution in [0.4, 0.5) is 0 Å². The molecule has 1 rings (SSSR count). The molecule has 0 atom stereocenters. The fourth-order valence-electron chi connectivity index (χ4n) is 1.13. The maximum atomic E-state index is 11.3. The zero-order chi connectivity index (χ0) is 11.4. The number of aliphatic hydroxyl groups excluding tert-OH is 1. The van der Waals surface area contributed by atoms with Crippen molar-refractivity contribution in [3.8, 4) is 6.07 Å². The van der Waals surface area contributed by atoms with Crippen molar-refractivity contribution in [2.24, 2.45) is 0 Å². The van der Waals surface area contributed by atoms with Crippen LogP contribution in [0.1, 0.15) is 21.5 Å². The summed E-state index contributed by atoms with van der Waals surface area (Å²) in [6, 6.07) is 4.87. The Hall–Kier alpha value is -1.38. The van der Waals surface area contributed by atoms with E-state index in [0.29, 0.717) is 15.6 Å². The minimum Gasteiger partial charge on any atom is -0.465 e. The highest BCUT2D eigenvalue weighted by molar-refractivity contribution is 9.10. The average Bonchev–Trinajstić information content (AvgIpc) is 2.27. The fraction of sp³-hybridized carbons (Fsp3) is 0.200. The van der Waals surface area contributed by atoms with Gasteiger partial charge in [-0.15, -0.1) is 0 Å². The Morgan fingerprint density at radius 3 is 2.80 bits per heavy atom. The molecule has 0 aromatic heterocycles. The first-order valence-corrected chi connectivity index (χ1v) is 4.85. The van der Waals surface area contributed by atoms with Crippen LogP contribution in [0.3, 0.4) is 0 Å². The van der Waals surface area contributed by atoms with Gasteiger partial charge in [0.2, 0.25) is 0 Å². The molecule has 0 aliphatic carbocycles. The van der Waals surface area contributed by atoms with Gasteiger partial charge in [-0.3, -0.25) is 0 Å². The molecule has 0 aliphatic rings. The third kappa shape index (κ3) is 2.35. The molecule has 0 heterocycles. The van der Waals surface area contributed by atoms with Crippen LogP contribution < -0.4 is 0 Å². The Kier molecular flexibility index (Phi) is 3.83. The Morgan fingerprint density at radius 2 is 2.33 bits per heavy atom. The summed E-state index contributed by atoms with van der Waals surface area (Å²) in [6.07, 6.45) is 0. The van der Waals surface area contributed by atoms with E-state index >= 15 is 0 Å². The molecule has 0 bridgehead atoms. The van der Waals surface area contributed by atoms with Crippen molar-refractivity contribution < 1.29 is 14.6 Å². The second-order valence-electron chi connectivity index (χ2n) is 2.75. The van der Waals surface area contributed by atoms with Gasteiger partial charge in [-0.25, -0.2) is 4.79 Å². The maximum Gasteiger partial charge on any atom is 0.338 e. The third-order valence-corrected chi connectivity index (χ3v) is 2.55. The van der Waals surface area contributed by atoms with E-state index in [1.165, 1.54) is 19.2 Å². The molecule has 15 heavy (non-hydrogen) atoms. The lowest BCUT2D eigenvalue weighted by molar-refractivity contribution is 0.0597. The van der Waals surface area contributed by atoms with Gasteiger partial charge in [0.1, 0.15) is 6.07 Å². The predicted octanol–water partition coefficient (Wildman–Crippen LogP) is 1.60. The molecule has 0 saturated carbocycles. The molecule has 1 aromatic carbocycles. The van der Waals surface area contributed by atoms with Crippen molar-refractivity contribution in [3.63, 3.8) is 0 Å². The highest BCUT2D eigenvalue weighted by atomic mass is 79.9. The normalized spacial score (nSPS) is 9.47. The molecule has 1 N–H and O–H groups in total. The first kappa shape index (κ1) is 11.7. The highest BCUT2D eigenvalue weighted by Gasteiger charge is 2.14. The zero-order valence-electron chi connectivity index (χ0n) is 7.95. The smallest absolute Gasteiger partial charge is 0.338 e. The van der Waals surface area contributed by atoms with E-state index in [4.69, 9.17) is 10.4 Å². The molecular formula is C10H8BrNO3. The number of nitriles is 1. The van der Waals surface area contributed by atoms with Gasteiger partial charge >= 0.3 is 5.97 Å². The number of ether oxygens (including phenoxy) is 1. The van der Waals surface area contributed by atoms with Crippen LogP contribution in [0.2, 0.25) is 0 Å². The van der Waals surface area contributed by atoms with Crippen LogP contribution in [0, 0.1) is 11.3 Å². The fourth-order valence-corrected chi connectivity index (χ4v) is 1.57. The lowest BCUT2D eigenvalue weighted by atomic mass is 10.1. The summed E-state index contributed by atoms with van der Waals surface area (Å²) in [7, 11) is 1.26. The number of carbonyl (C=O) groups excluding carboxylic acids is 1.